The van der Waals surface area contributed by atoms with Crippen molar-refractivity contribution in [2.45, 2.75) is 59.2 Å². The van der Waals surface area contributed by atoms with E-state index >= 15 is 0 Å². The highest BCUT2D eigenvalue weighted by Crippen LogP contribution is 2.43. The Balaban J connectivity index is 2.08. The molecule has 0 radical (unpaired) electrons. The second-order valence-corrected chi connectivity index (χ2v) is 6.48. The summed E-state index contributed by atoms with van der Waals surface area (Å²) in [5, 5.41) is 3.44. The van der Waals surface area contributed by atoms with Gasteiger partial charge in [0.2, 0.25) is 5.91 Å². The van der Waals surface area contributed by atoms with Gasteiger partial charge in [-0.3, -0.25) is 10.1 Å². The Hall–Kier alpha value is -0.570. The summed E-state index contributed by atoms with van der Waals surface area (Å²) >= 11 is 0. The van der Waals surface area contributed by atoms with Crippen LogP contribution in [0.1, 0.15) is 47.5 Å². The van der Waals surface area contributed by atoms with Gasteiger partial charge in [-0.2, -0.15) is 0 Å². The van der Waals surface area contributed by atoms with E-state index < -0.39 is 0 Å². The first-order valence-corrected chi connectivity index (χ1v) is 6.37. The Morgan fingerprint density at radius 2 is 2.06 bits per heavy atom. The first-order chi connectivity index (χ1) is 7.28. The number of amides is 1. The van der Waals surface area contributed by atoms with Crippen molar-refractivity contribution in [3.63, 3.8) is 0 Å². The predicted octanol–water partition coefficient (Wildman–Crippen LogP) is 1.98. The molecule has 1 spiro atoms. The summed E-state index contributed by atoms with van der Waals surface area (Å²) in [4.78, 5) is 14.3. The Morgan fingerprint density at radius 3 is 2.44 bits per heavy atom. The van der Waals surface area contributed by atoms with E-state index in [1.807, 2.05) is 4.90 Å². The van der Waals surface area contributed by atoms with Crippen molar-refractivity contribution in [1.29, 1.82) is 0 Å². The van der Waals surface area contributed by atoms with Gasteiger partial charge in [0.05, 0.1) is 11.7 Å². The molecule has 16 heavy (non-hydrogen) atoms. The summed E-state index contributed by atoms with van der Waals surface area (Å²) in [7, 11) is 0. The Kier molecular flexibility index (Phi) is 2.57. The Bertz CT molecular complexity index is 305. The standard InChI is InChI=1S/C13H24N2O/c1-9(2)12(4,5)8-15-10(3)14-13(6-7-13)11(15)16/h9-10,14H,6-8H2,1-5H3. The van der Waals surface area contributed by atoms with Gasteiger partial charge in [0, 0.05) is 6.54 Å². The summed E-state index contributed by atoms with van der Waals surface area (Å²) in [5.74, 6) is 0.914. The maximum Gasteiger partial charge on any atom is 0.244 e. The van der Waals surface area contributed by atoms with Crippen LogP contribution >= 0.6 is 0 Å². The zero-order valence-corrected chi connectivity index (χ0v) is 11.1. The van der Waals surface area contributed by atoms with E-state index in [9.17, 15) is 4.79 Å². The summed E-state index contributed by atoms with van der Waals surface area (Å²) < 4.78 is 0. The van der Waals surface area contributed by atoms with Gasteiger partial charge in [-0.25, -0.2) is 0 Å². The Labute approximate surface area is 98.6 Å². The second-order valence-electron chi connectivity index (χ2n) is 6.48. The second kappa shape index (κ2) is 3.46. The van der Waals surface area contributed by atoms with E-state index in [2.05, 4.69) is 39.9 Å². The summed E-state index contributed by atoms with van der Waals surface area (Å²) in [5.41, 5.74) is 0.0263. The number of carbonyl (C=O) groups is 1. The zero-order chi connectivity index (χ0) is 12.1. The van der Waals surface area contributed by atoms with Gasteiger partial charge in [0.25, 0.3) is 0 Å². The third-order valence-electron chi connectivity index (χ3n) is 4.51. The van der Waals surface area contributed by atoms with E-state index in [4.69, 9.17) is 0 Å². The molecule has 1 amide bonds. The van der Waals surface area contributed by atoms with Crippen molar-refractivity contribution < 1.29 is 4.79 Å². The number of hydrogen-bond donors (Lipinski definition) is 1. The van der Waals surface area contributed by atoms with Crippen molar-refractivity contribution in [1.82, 2.24) is 10.2 Å². The van der Waals surface area contributed by atoms with Crippen LogP contribution in [0.4, 0.5) is 0 Å². The van der Waals surface area contributed by atoms with Crippen LogP contribution in [0.25, 0.3) is 0 Å². The molecule has 2 fully saturated rings. The van der Waals surface area contributed by atoms with E-state index in [0.29, 0.717) is 11.8 Å². The molecule has 0 aromatic carbocycles. The van der Waals surface area contributed by atoms with Crippen LogP contribution in [0.3, 0.4) is 0 Å². The van der Waals surface area contributed by atoms with Crippen LogP contribution in [-0.4, -0.2) is 29.1 Å². The van der Waals surface area contributed by atoms with E-state index in [1.165, 1.54) is 0 Å². The summed E-state index contributed by atoms with van der Waals surface area (Å²) in [6, 6.07) is 0. The summed E-state index contributed by atoms with van der Waals surface area (Å²) in [6.45, 7) is 11.9. The molecule has 0 aromatic rings. The van der Waals surface area contributed by atoms with Gasteiger partial charge >= 0.3 is 0 Å². The van der Waals surface area contributed by atoms with Gasteiger partial charge < -0.3 is 4.90 Å². The minimum atomic E-state index is -0.160. The highest BCUT2D eigenvalue weighted by Gasteiger charge is 2.58. The minimum Gasteiger partial charge on any atom is -0.325 e. The van der Waals surface area contributed by atoms with Crippen molar-refractivity contribution in [2.75, 3.05) is 6.54 Å². The molecule has 1 saturated heterocycles. The lowest BCUT2D eigenvalue weighted by Crippen LogP contribution is -2.43. The monoisotopic (exact) mass is 224 g/mol. The van der Waals surface area contributed by atoms with Gasteiger partial charge in [0.1, 0.15) is 0 Å². The molecule has 1 N–H and O–H groups in total. The van der Waals surface area contributed by atoms with Gasteiger partial charge in [-0.05, 0) is 31.1 Å². The van der Waals surface area contributed by atoms with Crippen LogP contribution in [0, 0.1) is 11.3 Å². The molecule has 3 nitrogen and oxygen atoms in total. The lowest BCUT2D eigenvalue weighted by molar-refractivity contribution is -0.132. The van der Waals surface area contributed by atoms with Crippen molar-refractivity contribution in [2.24, 2.45) is 11.3 Å². The largest absolute Gasteiger partial charge is 0.325 e. The SMILES string of the molecule is CC1NC2(CC2)C(=O)N1CC(C)(C)C(C)C. The third kappa shape index (κ3) is 1.75. The fraction of sp³-hybridized carbons (Fsp3) is 0.923. The molecular weight excluding hydrogens is 200 g/mol. The van der Waals surface area contributed by atoms with Crippen LogP contribution in [0.15, 0.2) is 0 Å². The van der Waals surface area contributed by atoms with Crippen molar-refractivity contribution in [3.05, 3.63) is 0 Å². The van der Waals surface area contributed by atoms with Crippen molar-refractivity contribution >= 4 is 5.91 Å². The number of rotatable bonds is 3. The van der Waals surface area contributed by atoms with E-state index in [1.54, 1.807) is 0 Å². The zero-order valence-electron chi connectivity index (χ0n) is 11.1. The molecule has 0 bridgehead atoms. The fourth-order valence-corrected chi connectivity index (χ4v) is 2.30. The van der Waals surface area contributed by atoms with E-state index in [0.717, 1.165) is 19.4 Å². The first kappa shape index (κ1) is 11.9. The molecule has 1 saturated carbocycles. The molecule has 0 aromatic heterocycles. The molecule has 1 unspecified atom stereocenters. The average molecular weight is 224 g/mol. The third-order valence-corrected chi connectivity index (χ3v) is 4.51. The molecule has 92 valence electrons. The number of nitrogens with zero attached hydrogens (tertiary/aromatic N) is 1. The highest BCUT2D eigenvalue weighted by molar-refractivity contribution is 5.91. The molecule has 1 heterocycles. The maximum absolute atomic E-state index is 12.3. The topological polar surface area (TPSA) is 32.3 Å². The Morgan fingerprint density at radius 1 is 1.50 bits per heavy atom. The first-order valence-electron chi connectivity index (χ1n) is 6.37. The molecule has 2 rings (SSSR count). The smallest absolute Gasteiger partial charge is 0.244 e. The highest BCUT2D eigenvalue weighted by atomic mass is 16.2. The fourth-order valence-electron chi connectivity index (χ4n) is 2.30. The summed E-state index contributed by atoms with van der Waals surface area (Å²) in [6.07, 6.45) is 2.25. The molecule has 1 atom stereocenters. The van der Waals surface area contributed by atoms with Gasteiger partial charge in [-0.1, -0.05) is 27.7 Å². The molecular formula is C13H24N2O. The molecule has 2 aliphatic rings. The molecule has 1 aliphatic heterocycles. The van der Waals surface area contributed by atoms with Crippen LogP contribution in [-0.2, 0) is 4.79 Å². The van der Waals surface area contributed by atoms with Crippen LogP contribution in [0.2, 0.25) is 0 Å². The van der Waals surface area contributed by atoms with Crippen LogP contribution in [0.5, 0.6) is 0 Å². The normalized spacial score (nSPS) is 28.2. The average Bonchev–Trinajstić information content (AvgIpc) is 2.89. The lowest BCUT2D eigenvalue weighted by atomic mass is 9.80. The molecule has 1 aliphatic carbocycles. The van der Waals surface area contributed by atoms with Gasteiger partial charge in [-0.15, -0.1) is 0 Å². The number of carbonyl (C=O) groups excluding carboxylic acids is 1. The maximum atomic E-state index is 12.3. The van der Waals surface area contributed by atoms with Crippen LogP contribution < -0.4 is 5.32 Å². The van der Waals surface area contributed by atoms with Crippen molar-refractivity contribution in [3.8, 4) is 0 Å². The number of nitrogens with one attached hydrogen (secondary N) is 1. The quantitative estimate of drug-likeness (QED) is 0.795. The predicted molar refractivity (Wildman–Crippen MR) is 64.9 cm³/mol. The minimum absolute atomic E-state index is 0.160. The molecule has 3 heteroatoms. The van der Waals surface area contributed by atoms with Gasteiger partial charge in [0.15, 0.2) is 0 Å². The number of hydrogen-bond acceptors (Lipinski definition) is 2. The lowest BCUT2D eigenvalue weighted by Gasteiger charge is -2.35. The van der Waals surface area contributed by atoms with E-state index in [-0.39, 0.29) is 17.1 Å².